The van der Waals surface area contributed by atoms with E-state index in [0.717, 1.165) is 22.9 Å². The van der Waals surface area contributed by atoms with E-state index in [4.69, 9.17) is 9.47 Å². The van der Waals surface area contributed by atoms with Gasteiger partial charge in [-0.15, -0.1) is 0 Å². The van der Waals surface area contributed by atoms with Crippen LogP contribution in [-0.2, 0) is 6.54 Å². The first-order valence-corrected chi connectivity index (χ1v) is 8.93. The summed E-state index contributed by atoms with van der Waals surface area (Å²) in [4.78, 5) is 12.7. The van der Waals surface area contributed by atoms with Crippen LogP contribution in [0.15, 0.2) is 66.3 Å². The Morgan fingerprint density at radius 2 is 1.93 bits per heavy atom. The van der Waals surface area contributed by atoms with Crippen LogP contribution in [0.5, 0.6) is 11.5 Å². The molecule has 0 aliphatic carbocycles. The summed E-state index contributed by atoms with van der Waals surface area (Å²) in [5.41, 5.74) is 1.06. The highest BCUT2D eigenvalue weighted by molar-refractivity contribution is 5.79. The molecule has 0 fully saturated rings. The average molecular weight is 380 g/mol. The van der Waals surface area contributed by atoms with Gasteiger partial charge in [0.1, 0.15) is 30.3 Å². The molecule has 2 heterocycles. The highest BCUT2D eigenvalue weighted by atomic mass is 16.5. The number of guanidine groups is 1. The lowest BCUT2D eigenvalue weighted by molar-refractivity contribution is 0.321. The minimum atomic E-state index is 0.522. The minimum absolute atomic E-state index is 0.522. The lowest BCUT2D eigenvalue weighted by Crippen LogP contribution is -2.38. The third-order valence-electron chi connectivity index (χ3n) is 3.98. The molecule has 2 aromatic heterocycles. The number of ether oxygens (including phenoxy) is 2. The molecule has 3 aromatic rings. The molecule has 1 aromatic carbocycles. The number of hydrogen-bond acceptors (Lipinski definition) is 5. The SMILES string of the molecule is CN=C(NCCOc1ccc(OC)cc1)NCc1ccc(-n2ccnc2)nc1. The predicted molar refractivity (Wildman–Crippen MR) is 108 cm³/mol. The summed E-state index contributed by atoms with van der Waals surface area (Å²) in [6, 6.07) is 11.5. The Morgan fingerprint density at radius 3 is 2.57 bits per heavy atom. The highest BCUT2D eigenvalue weighted by Crippen LogP contribution is 2.16. The second kappa shape index (κ2) is 9.96. The average Bonchev–Trinajstić information content (AvgIpc) is 3.29. The number of nitrogens with one attached hydrogen (secondary N) is 2. The van der Waals surface area contributed by atoms with Gasteiger partial charge in [-0.25, -0.2) is 9.97 Å². The first-order chi connectivity index (χ1) is 13.8. The van der Waals surface area contributed by atoms with E-state index < -0.39 is 0 Å². The van der Waals surface area contributed by atoms with Gasteiger partial charge in [0, 0.05) is 32.2 Å². The number of imidazole rings is 1. The van der Waals surface area contributed by atoms with Crippen LogP contribution in [0, 0.1) is 0 Å². The Bertz CT molecular complexity index is 861. The number of nitrogens with zero attached hydrogens (tertiary/aromatic N) is 4. The second-order valence-corrected chi connectivity index (χ2v) is 5.87. The highest BCUT2D eigenvalue weighted by Gasteiger charge is 2.01. The van der Waals surface area contributed by atoms with Gasteiger partial charge in [-0.1, -0.05) is 6.07 Å². The Balaban J connectivity index is 1.39. The molecule has 0 atom stereocenters. The van der Waals surface area contributed by atoms with Crippen molar-refractivity contribution in [1.82, 2.24) is 25.2 Å². The van der Waals surface area contributed by atoms with Crippen LogP contribution in [-0.4, -0.2) is 47.8 Å². The van der Waals surface area contributed by atoms with Gasteiger partial charge in [-0.3, -0.25) is 9.56 Å². The van der Waals surface area contributed by atoms with E-state index >= 15 is 0 Å². The van der Waals surface area contributed by atoms with Gasteiger partial charge in [-0.2, -0.15) is 0 Å². The van der Waals surface area contributed by atoms with E-state index in [1.54, 1.807) is 26.7 Å². The maximum absolute atomic E-state index is 5.69. The van der Waals surface area contributed by atoms with Crippen LogP contribution in [0.1, 0.15) is 5.56 Å². The summed E-state index contributed by atoms with van der Waals surface area (Å²) in [7, 11) is 3.38. The van der Waals surface area contributed by atoms with Crippen molar-refractivity contribution >= 4 is 5.96 Å². The van der Waals surface area contributed by atoms with Crippen LogP contribution in [0.3, 0.4) is 0 Å². The van der Waals surface area contributed by atoms with Crippen molar-refractivity contribution in [2.45, 2.75) is 6.54 Å². The summed E-state index contributed by atoms with van der Waals surface area (Å²) in [5, 5.41) is 6.48. The second-order valence-electron chi connectivity index (χ2n) is 5.87. The van der Waals surface area contributed by atoms with Crippen LogP contribution in [0.25, 0.3) is 5.82 Å². The molecule has 0 aliphatic rings. The molecule has 0 radical (unpaired) electrons. The van der Waals surface area contributed by atoms with Gasteiger partial charge in [-0.05, 0) is 35.9 Å². The summed E-state index contributed by atoms with van der Waals surface area (Å²) >= 11 is 0. The quantitative estimate of drug-likeness (QED) is 0.353. The maximum atomic E-state index is 5.69. The zero-order valence-corrected chi connectivity index (χ0v) is 16.0. The molecule has 0 amide bonds. The van der Waals surface area contributed by atoms with Crippen LogP contribution >= 0.6 is 0 Å². The van der Waals surface area contributed by atoms with Crippen molar-refractivity contribution in [3.05, 3.63) is 66.9 Å². The molecule has 2 N–H and O–H groups in total. The minimum Gasteiger partial charge on any atom is -0.497 e. The number of aromatic nitrogens is 3. The van der Waals surface area contributed by atoms with Gasteiger partial charge in [0.15, 0.2) is 5.96 Å². The van der Waals surface area contributed by atoms with Crippen LogP contribution in [0.2, 0.25) is 0 Å². The molecular weight excluding hydrogens is 356 g/mol. The maximum Gasteiger partial charge on any atom is 0.191 e. The van der Waals surface area contributed by atoms with E-state index in [1.807, 2.05) is 53.4 Å². The van der Waals surface area contributed by atoms with Crippen molar-refractivity contribution in [2.75, 3.05) is 27.3 Å². The molecule has 0 aliphatic heterocycles. The van der Waals surface area contributed by atoms with Gasteiger partial charge >= 0.3 is 0 Å². The molecule has 0 unspecified atom stereocenters. The Kier molecular flexibility index (Phi) is 6.84. The predicted octanol–water partition coefficient (Wildman–Crippen LogP) is 2.02. The zero-order valence-electron chi connectivity index (χ0n) is 16.0. The molecule has 3 rings (SSSR count). The third-order valence-corrected chi connectivity index (χ3v) is 3.98. The zero-order chi connectivity index (χ0) is 19.6. The fourth-order valence-corrected chi connectivity index (χ4v) is 2.49. The lowest BCUT2D eigenvalue weighted by atomic mass is 10.3. The Hall–Kier alpha value is -3.55. The van der Waals surface area contributed by atoms with Crippen molar-refractivity contribution in [2.24, 2.45) is 4.99 Å². The topological polar surface area (TPSA) is 85.6 Å². The van der Waals surface area contributed by atoms with E-state index in [1.165, 1.54) is 0 Å². The summed E-state index contributed by atoms with van der Waals surface area (Å²) in [6.07, 6.45) is 7.15. The van der Waals surface area contributed by atoms with Crippen molar-refractivity contribution in [3.8, 4) is 17.3 Å². The first-order valence-electron chi connectivity index (χ1n) is 8.93. The number of hydrogen-bond donors (Lipinski definition) is 2. The number of methoxy groups -OCH3 is 1. The normalized spacial score (nSPS) is 11.1. The number of aliphatic imine (C=N–C) groups is 1. The fraction of sp³-hybridized carbons (Fsp3) is 0.250. The van der Waals surface area contributed by atoms with Crippen molar-refractivity contribution in [1.29, 1.82) is 0 Å². The Morgan fingerprint density at radius 1 is 1.11 bits per heavy atom. The fourth-order valence-electron chi connectivity index (χ4n) is 2.49. The standard InChI is InChI=1S/C20H24N6O2/c1-21-20(23-10-12-28-18-6-4-17(27-2)5-7-18)25-14-16-3-8-19(24-13-16)26-11-9-22-15-26/h3-9,11,13,15H,10,12,14H2,1-2H3,(H2,21,23,25). The van der Waals surface area contributed by atoms with Gasteiger partial charge in [0.05, 0.1) is 13.7 Å². The third kappa shape index (κ3) is 5.47. The van der Waals surface area contributed by atoms with Gasteiger partial charge < -0.3 is 20.1 Å². The van der Waals surface area contributed by atoms with Crippen LogP contribution < -0.4 is 20.1 Å². The summed E-state index contributed by atoms with van der Waals surface area (Å²) < 4.78 is 12.7. The molecular formula is C20H24N6O2. The smallest absolute Gasteiger partial charge is 0.191 e. The number of benzene rings is 1. The molecule has 28 heavy (non-hydrogen) atoms. The lowest BCUT2D eigenvalue weighted by Gasteiger charge is -2.13. The molecule has 8 heteroatoms. The molecule has 0 bridgehead atoms. The van der Waals surface area contributed by atoms with E-state index in [-0.39, 0.29) is 0 Å². The van der Waals surface area contributed by atoms with Crippen LogP contribution in [0.4, 0.5) is 0 Å². The number of rotatable bonds is 8. The molecule has 0 saturated heterocycles. The molecule has 0 saturated carbocycles. The van der Waals surface area contributed by atoms with Gasteiger partial charge in [0.2, 0.25) is 0 Å². The monoisotopic (exact) mass is 380 g/mol. The van der Waals surface area contributed by atoms with E-state index in [9.17, 15) is 0 Å². The summed E-state index contributed by atoms with van der Waals surface area (Å²) in [5.74, 6) is 3.15. The molecule has 146 valence electrons. The number of pyridine rings is 1. The first kappa shape index (κ1) is 19.2. The largest absolute Gasteiger partial charge is 0.497 e. The molecule has 8 nitrogen and oxygen atoms in total. The Labute approximate surface area is 164 Å². The van der Waals surface area contributed by atoms with Crippen molar-refractivity contribution in [3.63, 3.8) is 0 Å². The van der Waals surface area contributed by atoms with E-state index in [2.05, 4.69) is 25.6 Å². The van der Waals surface area contributed by atoms with E-state index in [0.29, 0.717) is 25.7 Å². The van der Waals surface area contributed by atoms with Gasteiger partial charge in [0.25, 0.3) is 0 Å². The van der Waals surface area contributed by atoms with Crippen molar-refractivity contribution < 1.29 is 9.47 Å². The molecule has 0 spiro atoms. The summed E-state index contributed by atoms with van der Waals surface area (Å²) in [6.45, 7) is 1.77.